The molecular formula is C11H23NO3. The molecule has 1 amide bonds. The molecule has 0 saturated heterocycles. The standard InChI is InChI=1S/C11H23NO3/c1-9(7-8-14-6)12(5)10(13)15-11(2,3)4/h9H,7-8H2,1-6H3. The third kappa shape index (κ3) is 6.33. The minimum atomic E-state index is -0.438. The van der Waals surface area contributed by atoms with Crippen molar-refractivity contribution < 1.29 is 14.3 Å². The molecule has 0 aliphatic rings. The predicted molar refractivity (Wildman–Crippen MR) is 60.0 cm³/mol. The SMILES string of the molecule is COCCC(C)N(C)C(=O)OC(C)(C)C. The first-order valence-electron chi connectivity index (χ1n) is 5.22. The van der Waals surface area contributed by atoms with Crippen molar-refractivity contribution >= 4 is 6.09 Å². The normalized spacial score (nSPS) is 13.5. The molecule has 0 saturated carbocycles. The van der Waals surface area contributed by atoms with Crippen molar-refractivity contribution in [1.29, 1.82) is 0 Å². The van der Waals surface area contributed by atoms with E-state index in [1.54, 1.807) is 19.1 Å². The third-order valence-electron chi connectivity index (χ3n) is 2.08. The van der Waals surface area contributed by atoms with Gasteiger partial charge in [-0.25, -0.2) is 4.79 Å². The lowest BCUT2D eigenvalue weighted by Crippen LogP contribution is -2.39. The van der Waals surface area contributed by atoms with E-state index < -0.39 is 5.60 Å². The van der Waals surface area contributed by atoms with Crippen LogP contribution in [0.5, 0.6) is 0 Å². The number of amides is 1. The van der Waals surface area contributed by atoms with Crippen molar-refractivity contribution in [2.45, 2.75) is 45.8 Å². The lowest BCUT2D eigenvalue weighted by atomic mass is 10.2. The van der Waals surface area contributed by atoms with Crippen molar-refractivity contribution in [3.05, 3.63) is 0 Å². The molecule has 1 unspecified atom stereocenters. The maximum atomic E-state index is 11.6. The zero-order valence-electron chi connectivity index (χ0n) is 10.7. The van der Waals surface area contributed by atoms with Crippen molar-refractivity contribution in [1.82, 2.24) is 4.90 Å². The first-order valence-corrected chi connectivity index (χ1v) is 5.22. The average Bonchev–Trinajstić information content (AvgIpc) is 2.10. The van der Waals surface area contributed by atoms with Gasteiger partial charge in [-0.1, -0.05) is 0 Å². The highest BCUT2D eigenvalue weighted by Gasteiger charge is 2.22. The average molecular weight is 217 g/mol. The molecule has 0 heterocycles. The van der Waals surface area contributed by atoms with Crippen molar-refractivity contribution in [3.63, 3.8) is 0 Å². The molecular weight excluding hydrogens is 194 g/mol. The Labute approximate surface area is 92.5 Å². The zero-order chi connectivity index (χ0) is 12.1. The summed E-state index contributed by atoms with van der Waals surface area (Å²) in [6.07, 6.45) is 0.526. The third-order valence-corrected chi connectivity index (χ3v) is 2.08. The van der Waals surface area contributed by atoms with Gasteiger partial charge >= 0.3 is 6.09 Å². The smallest absolute Gasteiger partial charge is 0.410 e. The van der Waals surface area contributed by atoms with E-state index in [2.05, 4.69) is 0 Å². The lowest BCUT2D eigenvalue weighted by Gasteiger charge is -2.28. The molecule has 0 aromatic carbocycles. The maximum Gasteiger partial charge on any atom is 0.410 e. The van der Waals surface area contributed by atoms with Crippen LogP contribution in [0.3, 0.4) is 0 Å². The number of carbonyl (C=O) groups is 1. The lowest BCUT2D eigenvalue weighted by molar-refractivity contribution is 0.0210. The Balaban J connectivity index is 4.08. The van der Waals surface area contributed by atoms with Crippen LogP contribution in [0.2, 0.25) is 0 Å². The first-order chi connectivity index (χ1) is 6.78. The Morgan fingerprint density at radius 2 is 1.93 bits per heavy atom. The second kappa shape index (κ2) is 5.95. The van der Waals surface area contributed by atoms with Gasteiger partial charge in [0.05, 0.1) is 0 Å². The van der Waals surface area contributed by atoms with Crippen molar-refractivity contribution in [2.24, 2.45) is 0 Å². The molecule has 0 aromatic rings. The summed E-state index contributed by atoms with van der Waals surface area (Å²) in [5.74, 6) is 0. The Morgan fingerprint density at radius 1 is 1.40 bits per heavy atom. The van der Waals surface area contributed by atoms with E-state index in [4.69, 9.17) is 9.47 Å². The van der Waals surface area contributed by atoms with Gasteiger partial charge in [0.2, 0.25) is 0 Å². The summed E-state index contributed by atoms with van der Waals surface area (Å²) in [6.45, 7) is 8.20. The summed E-state index contributed by atoms with van der Waals surface area (Å²) >= 11 is 0. The van der Waals surface area contributed by atoms with Gasteiger partial charge in [-0.3, -0.25) is 0 Å². The largest absolute Gasteiger partial charge is 0.444 e. The van der Waals surface area contributed by atoms with Gasteiger partial charge in [-0.05, 0) is 34.1 Å². The van der Waals surface area contributed by atoms with Crippen LogP contribution >= 0.6 is 0 Å². The molecule has 0 radical (unpaired) electrons. The summed E-state index contributed by atoms with van der Waals surface area (Å²) in [5, 5.41) is 0. The predicted octanol–water partition coefficient (Wildman–Crippen LogP) is 2.28. The van der Waals surface area contributed by atoms with E-state index in [1.165, 1.54) is 0 Å². The highest BCUT2D eigenvalue weighted by atomic mass is 16.6. The number of hydrogen-bond donors (Lipinski definition) is 0. The topological polar surface area (TPSA) is 38.8 Å². The molecule has 0 aliphatic heterocycles. The molecule has 0 N–H and O–H groups in total. The van der Waals surface area contributed by atoms with Crippen LogP contribution < -0.4 is 0 Å². The monoisotopic (exact) mass is 217 g/mol. The van der Waals surface area contributed by atoms with E-state index in [0.717, 1.165) is 6.42 Å². The molecule has 0 bridgehead atoms. The number of nitrogens with zero attached hydrogens (tertiary/aromatic N) is 1. The summed E-state index contributed by atoms with van der Waals surface area (Å²) in [7, 11) is 3.40. The highest BCUT2D eigenvalue weighted by Crippen LogP contribution is 2.11. The second-order valence-corrected chi connectivity index (χ2v) is 4.72. The van der Waals surface area contributed by atoms with Gasteiger partial charge < -0.3 is 14.4 Å². The van der Waals surface area contributed by atoms with Crippen molar-refractivity contribution in [2.75, 3.05) is 20.8 Å². The second-order valence-electron chi connectivity index (χ2n) is 4.72. The van der Waals surface area contributed by atoms with Crippen LogP contribution in [-0.2, 0) is 9.47 Å². The van der Waals surface area contributed by atoms with Crippen LogP contribution in [0.25, 0.3) is 0 Å². The van der Waals surface area contributed by atoms with Crippen LogP contribution in [-0.4, -0.2) is 43.4 Å². The Kier molecular flexibility index (Phi) is 5.65. The highest BCUT2D eigenvalue weighted by molar-refractivity contribution is 5.68. The first kappa shape index (κ1) is 14.2. The van der Waals surface area contributed by atoms with Crippen LogP contribution in [0.4, 0.5) is 4.79 Å². The molecule has 90 valence electrons. The quantitative estimate of drug-likeness (QED) is 0.725. The van der Waals surface area contributed by atoms with Crippen molar-refractivity contribution in [3.8, 4) is 0 Å². The molecule has 4 heteroatoms. The minimum absolute atomic E-state index is 0.125. The summed E-state index contributed by atoms with van der Waals surface area (Å²) in [6, 6.07) is 0.125. The minimum Gasteiger partial charge on any atom is -0.444 e. The molecule has 4 nitrogen and oxygen atoms in total. The summed E-state index contributed by atoms with van der Waals surface area (Å²) in [5.41, 5.74) is -0.438. The van der Waals surface area contributed by atoms with Gasteiger partial charge in [0.25, 0.3) is 0 Å². The van der Waals surface area contributed by atoms with Gasteiger partial charge in [-0.15, -0.1) is 0 Å². The van der Waals surface area contributed by atoms with E-state index in [1.807, 2.05) is 27.7 Å². The molecule has 0 aliphatic carbocycles. The van der Waals surface area contributed by atoms with Gasteiger partial charge in [0, 0.05) is 26.8 Å². The number of hydrogen-bond acceptors (Lipinski definition) is 3. The number of ether oxygens (including phenoxy) is 2. The van der Waals surface area contributed by atoms with E-state index in [-0.39, 0.29) is 12.1 Å². The van der Waals surface area contributed by atoms with E-state index in [9.17, 15) is 4.79 Å². The number of carbonyl (C=O) groups excluding carboxylic acids is 1. The molecule has 1 atom stereocenters. The van der Waals surface area contributed by atoms with E-state index >= 15 is 0 Å². The Bertz CT molecular complexity index is 198. The molecule has 0 rings (SSSR count). The zero-order valence-corrected chi connectivity index (χ0v) is 10.7. The molecule has 0 spiro atoms. The fourth-order valence-electron chi connectivity index (χ4n) is 0.996. The van der Waals surface area contributed by atoms with Crippen LogP contribution in [0, 0.1) is 0 Å². The summed E-state index contributed by atoms with van der Waals surface area (Å²) in [4.78, 5) is 13.2. The van der Waals surface area contributed by atoms with Gasteiger partial charge in [0.15, 0.2) is 0 Å². The number of rotatable bonds is 4. The molecule has 15 heavy (non-hydrogen) atoms. The van der Waals surface area contributed by atoms with Crippen LogP contribution in [0.1, 0.15) is 34.1 Å². The van der Waals surface area contributed by atoms with Gasteiger partial charge in [0.1, 0.15) is 5.60 Å². The summed E-state index contributed by atoms with van der Waals surface area (Å²) < 4.78 is 10.2. The van der Waals surface area contributed by atoms with E-state index in [0.29, 0.717) is 6.61 Å². The fourth-order valence-corrected chi connectivity index (χ4v) is 0.996. The fraction of sp³-hybridized carbons (Fsp3) is 0.909. The maximum absolute atomic E-state index is 11.6. The van der Waals surface area contributed by atoms with Gasteiger partial charge in [-0.2, -0.15) is 0 Å². The Morgan fingerprint density at radius 3 is 2.33 bits per heavy atom. The number of methoxy groups -OCH3 is 1. The molecule has 0 aromatic heterocycles. The Hall–Kier alpha value is -0.770. The van der Waals surface area contributed by atoms with Crippen LogP contribution in [0.15, 0.2) is 0 Å². The molecule has 0 fully saturated rings.